The van der Waals surface area contributed by atoms with Gasteiger partial charge in [-0.1, -0.05) is 0 Å². The zero-order valence-corrected chi connectivity index (χ0v) is 7.00. The molecule has 1 nitrogen and oxygen atoms in total. The molecule has 1 heterocycles. The van der Waals surface area contributed by atoms with E-state index in [4.69, 9.17) is 0 Å². The van der Waals surface area contributed by atoms with Crippen LogP contribution in [0.4, 0.5) is 13.2 Å². The summed E-state index contributed by atoms with van der Waals surface area (Å²) in [6, 6.07) is 1.80. The summed E-state index contributed by atoms with van der Waals surface area (Å²) in [7, 11) is 0. The summed E-state index contributed by atoms with van der Waals surface area (Å²) < 4.78 is 34.9. The average molecular weight is 195 g/mol. The summed E-state index contributed by atoms with van der Waals surface area (Å²) in [4.78, 5) is 0. The van der Waals surface area contributed by atoms with Crippen molar-refractivity contribution in [1.82, 2.24) is 5.32 Å². The Balaban J connectivity index is 2.20. The van der Waals surface area contributed by atoms with E-state index in [0.29, 0.717) is 0 Å². The molecule has 0 unspecified atom stereocenters. The van der Waals surface area contributed by atoms with Gasteiger partial charge >= 0.3 is 6.18 Å². The molecule has 0 saturated carbocycles. The van der Waals surface area contributed by atoms with Crippen molar-refractivity contribution in [2.45, 2.75) is 12.7 Å². The maximum atomic E-state index is 11.6. The second-order valence-electron chi connectivity index (χ2n) is 2.35. The first kappa shape index (κ1) is 9.54. The Kier molecular flexibility index (Phi) is 3.11. The maximum absolute atomic E-state index is 11.6. The molecule has 0 saturated heterocycles. The van der Waals surface area contributed by atoms with Gasteiger partial charge < -0.3 is 5.32 Å². The van der Waals surface area contributed by atoms with E-state index in [1.165, 1.54) is 11.3 Å². The van der Waals surface area contributed by atoms with Crippen molar-refractivity contribution in [2.75, 3.05) is 6.54 Å². The van der Waals surface area contributed by atoms with Gasteiger partial charge in [-0.25, -0.2) is 0 Å². The van der Waals surface area contributed by atoms with Crippen LogP contribution in [0.25, 0.3) is 0 Å². The van der Waals surface area contributed by atoms with Crippen molar-refractivity contribution in [3.8, 4) is 0 Å². The van der Waals surface area contributed by atoms with Crippen LogP contribution < -0.4 is 5.32 Å². The number of halogens is 3. The Morgan fingerprint density at radius 3 is 2.67 bits per heavy atom. The molecule has 0 aliphatic carbocycles. The van der Waals surface area contributed by atoms with E-state index in [0.717, 1.165) is 5.56 Å². The number of thiophene rings is 1. The first-order chi connectivity index (χ1) is 5.58. The number of alkyl halides is 3. The third-order valence-corrected chi connectivity index (χ3v) is 1.97. The van der Waals surface area contributed by atoms with Crippen molar-refractivity contribution in [2.24, 2.45) is 0 Å². The minimum Gasteiger partial charge on any atom is -0.305 e. The molecule has 0 atom stereocenters. The van der Waals surface area contributed by atoms with Gasteiger partial charge in [0.05, 0.1) is 6.54 Å². The van der Waals surface area contributed by atoms with E-state index in [2.05, 4.69) is 5.32 Å². The van der Waals surface area contributed by atoms with Gasteiger partial charge in [-0.2, -0.15) is 24.5 Å². The van der Waals surface area contributed by atoms with Crippen LogP contribution in [0.15, 0.2) is 16.8 Å². The minimum absolute atomic E-state index is 0.281. The normalized spacial score (nSPS) is 11.9. The third-order valence-electron chi connectivity index (χ3n) is 1.23. The molecule has 0 aromatic carbocycles. The summed E-state index contributed by atoms with van der Waals surface area (Å²) in [5.41, 5.74) is 0.893. The van der Waals surface area contributed by atoms with Crippen LogP contribution in [-0.2, 0) is 6.54 Å². The van der Waals surface area contributed by atoms with Crippen LogP contribution in [0.2, 0.25) is 0 Å². The van der Waals surface area contributed by atoms with Crippen molar-refractivity contribution in [3.63, 3.8) is 0 Å². The fourth-order valence-corrected chi connectivity index (χ4v) is 1.41. The molecule has 1 aromatic heterocycles. The van der Waals surface area contributed by atoms with Crippen LogP contribution in [0.3, 0.4) is 0 Å². The Morgan fingerprint density at radius 2 is 2.17 bits per heavy atom. The molecule has 12 heavy (non-hydrogen) atoms. The molecular formula is C7H8F3NS. The Morgan fingerprint density at radius 1 is 1.42 bits per heavy atom. The molecule has 0 amide bonds. The van der Waals surface area contributed by atoms with Crippen LogP contribution in [0.1, 0.15) is 5.56 Å². The lowest BCUT2D eigenvalue weighted by molar-refractivity contribution is -0.125. The number of hydrogen-bond acceptors (Lipinski definition) is 2. The first-order valence-electron chi connectivity index (χ1n) is 3.36. The molecule has 0 spiro atoms. The van der Waals surface area contributed by atoms with Gasteiger partial charge in [0.2, 0.25) is 0 Å². The quantitative estimate of drug-likeness (QED) is 0.780. The average Bonchev–Trinajstić information content (AvgIpc) is 2.36. The van der Waals surface area contributed by atoms with Gasteiger partial charge in [0.15, 0.2) is 0 Å². The predicted octanol–water partition coefficient (Wildman–Crippen LogP) is 2.40. The topological polar surface area (TPSA) is 12.0 Å². The smallest absolute Gasteiger partial charge is 0.305 e. The fourth-order valence-electron chi connectivity index (χ4n) is 0.742. The van der Waals surface area contributed by atoms with E-state index >= 15 is 0 Å². The fraction of sp³-hybridized carbons (Fsp3) is 0.429. The van der Waals surface area contributed by atoms with E-state index in [1.807, 2.05) is 10.8 Å². The Hall–Kier alpha value is -0.550. The van der Waals surface area contributed by atoms with Gasteiger partial charge in [-0.05, 0) is 22.4 Å². The highest BCUT2D eigenvalue weighted by molar-refractivity contribution is 7.07. The molecule has 68 valence electrons. The minimum atomic E-state index is -4.12. The molecule has 1 rings (SSSR count). The lowest BCUT2D eigenvalue weighted by atomic mass is 10.3. The molecule has 0 fully saturated rings. The number of hydrogen-bond donors (Lipinski definition) is 1. The van der Waals surface area contributed by atoms with E-state index in [9.17, 15) is 13.2 Å². The van der Waals surface area contributed by atoms with Gasteiger partial charge in [-0.15, -0.1) is 0 Å². The van der Waals surface area contributed by atoms with Gasteiger partial charge in [0.25, 0.3) is 0 Å². The lowest BCUT2D eigenvalue weighted by Crippen LogP contribution is -2.28. The molecule has 0 radical (unpaired) electrons. The Labute approximate surface area is 72.2 Å². The molecule has 5 heteroatoms. The molecule has 1 N–H and O–H groups in total. The summed E-state index contributed by atoms with van der Waals surface area (Å²) in [6.45, 7) is -0.647. The second-order valence-corrected chi connectivity index (χ2v) is 3.13. The second kappa shape index (κ2) is 3.91. The first-order valence-corrected chi connectivity index (χ1v) is 4.31. The lowest BCUT2D eigenvalue weighted by Gasteiger charge is -2.06. The summed E-state index contributed by atoms with van der Waals surface area (Å²) in [5, 5.41) is 5.97. The van der Waals surface area contributed by atoms with Gasteiger partial charge in [0.1, 0.15) is 0 Å². The highest BCUT2D eigenvalue weighted by Crippen LogP contribution is 2.13. The highest BCUT2D eigenvalue weighted by atomic mass is 32.1. The van der Waals surface area contributed by atoms with Crippen LogP contribution in [0, 0.1) is 0 Å². The molecule has 0 aliphatic rings. The van der Waals surface area contributed by atoms with Crippen LogP contribution in [-0.4, -0.2) is 12.7 Å². The largest absolute Gasteiger partial charge is 0.401 e. The zero-order chi connectivity index (χ0) is 9.03. The summed E-state index contributed by atoms with van der Waals surface area (Å²) in [6.07, 6.45) is -4.12. The maximum Gasteiger partial charge on any atom is 0.401 e. The summed E-state index contributed by atoms with van der Waals surface area (Å²) >= 11 is 1.48. The monoisotopic (exact) mass is 195 g/mol. The van der Waals surface area contributed by atoms with Crippen LogP contribution >= 0.6 is 11.3 Å². The predicted molar refractivity (Wildman–Crippen MR) is 42.1 cm³/mol. The van der Waals surface area contributed by atoms with Gasteiger partial charge in [0, 0.05) is 6.54 Å². The Bertz CT molecular complexity index is 217. The number of rotatable bonds is 3. The molecular weight excluding hydrogens is 187 g/mol. The van der Waals surface area contributed by atoms with E-state index < -0.39 is 12.7 Å². The van der Waals surface area contributed by atoms with Crippen molar-refractivity contribution in [1.29, 1.82) is 0 Å². The molecule has 0 aliphatic heterocycles. The van der Waals surface area contributed by atoms with Crippen molar-refractivity contribution in [3.05, 3.63) is 22.4 Å². The molecule has 0 bridgehead atoms. The van der Waals surface area contributed by atoms with Gasteiger partial charge in [-0.3, -0.25) is 0 Å². The van der Waals surface area contributed by atoms with E-state index in [-0.39, 0.29) is 6.54 Å². The highest BCUT2D eigenvalue weighted by Gasteiger charge is 2.25. The van der Waals surface area contributed by atoms with Crippen LogP contribution in [0.5, 0.6) is 0 Å². The zero-order valence-electron chi connectivity index (χ0n) is 6.19. The third kappa shape index (κ3) is 3.73. The van der Waals surface area contributed by atoms with E-state index in [1.54, 1.807) is 6.07 Å². The SMILES string of the molecule is FC(F)(F)CNCc1ccsc1. The van der Waals surface area contributed by atoms with Crippen molar-refractivity contribution < 1.29 is 13.2 Å². The van der Waals surface area contributed by atoms with Crippen molar-refractivity contribution >= 4 is 11.3 Å². The molecule has 1 aromatic rings. The number of nitrogens with one attached hydrogen (secondary N) is 1. The summed E-state index contributed by atoms with van der Waals surface area (Å²) in [5.74, 6) is 0. The standard InChI is InChI=1S/C7H8F3NS/c8-7(9,10)5-11-3-6-1-2-12-4-6/h1-2,4,11H,3,5H2.